The van der Waals surface area contributed by atoms with Crippen molar-refractivity contribution in [3.63, 3.8) is 0 Å². The summed E-state index contributed by atoms with van der Waals surface area (Å²) in [5, 5.41) is 6.13. The third-order valence-electron chi connectivity index (χ3n) is 3.04. The van der Waals surface area contributed by atoms with Crippen molar-refractivity contribution < 1.29 is 4.79 Å². The predicted octanol–water partition coefficient (Wildman–Crippen LogP) is 0.104. The maximum atomic E-state index is 11.7. The number of carbonyl (C=O) groups is 1. The van der Waals surface area contributed by atoms with E-state index in [9.17, 15) is 9.59 Å². The van der Waals surface area contributed by atoms with Gasteiger partial charge in [0.2, 0.25) is 5.56 Å². The molecule has 5 heteroatoms. The summed E-state index contributed by atoms with van der Waals surface area (Å²) in [6.07, 6.45) is 3.65. The fraction of sp³-hybridized carbons (Fsp3) is 0.500. The molecule has 1 aromatic rings. The average molecular weight is 235 g/mol. The van der Waals surface area contributed by atoms with E-state index in [0.29, 0.717) is 18.0 Å². The fourth-order valence-corrected chi connectivity index (χ4v) is 2.04. The molecule has 2 heterocycles. The second-order valence-corrected chi connectivity index (χ2v) is 4.35. The van der Waals surface area contributed by atoms with E-state index in [4.69, 9.17) is 0 Å². The van der Waals surface area contributed by atoms with E-state index >= 15 is 0 Å². The summed E-state index contributed by atoms with van der Waals surface area (Å²) in [5.41, 5.74) is 0.163. The Morgan fingerprint density at radius 3 is 3.12 bits per heavy atom. The number of rotatable bonds is 4. The van der Waals surface area contributed by atoms with E-state index in [2.05, 4.69) is 15.6 Å². The van der Waals surface area contributed by atoms with E-state index in [1.165, 1.54) is 18.7 Å². The number of nitrogens with one attached hydrogen (secondary N) is 3. The second kappa shape index (κ2) is 5.63. The number of aromatic nitrogens is 1. The minimum absolute atomic E-state index is 0.179. The molecule has 1 aliphatic heterocycles. The molecule has 2 rings (SSSR count). The Kier molecular flexibility index (Phi) is 3.93. The molecule has 0 spiro atoms. The van der Waals surface area contributed by atoms with E-state index in [1.54, 1.807) is 6.07 Å². The van der Waals surface area contributed by atoms with Crippen molar-refractivity contribution in [3.05, 3.63) is 34.2 Å². The molecular weight excluding hydrogens is 218 g/mol. The molecule has 5 nitrogen and oxygen atoms in total. The van der Waals surface area contributed by atoms with Gasteiger partial charge in [0.05, 0.1) is 0 Å². The van der Waals surface area contributed by atoms with Crippen LogP contribution in [0.4, 0.5) is 0 Å². The first-order valence-electron chi connectivity index (χ1n) is 5.93. The first kappa shape index (κ1) is 11.9. The molecular formula is C12H17N3O2. The fourth-order valence-electron chi connectivity index (χ4n) is 2.04. The van der Waals surface area contributed by atoms with E-state index < -0.39 is 0 Å². The monoisotopic (exact) mass is 235 g/mol. The zero-order valence-corrected chi connectivity index (χ0v) is 9.66. The lowest BCUT2D eigenvalue weighted by Gasteiger charge is -2.09. The highest BCUT2D eigenvalue weighted by molar-refractivity contribution is 5.93. The van der Waals surface area contributed by atoms with Crippen molar-refractivity contribution in [1.29, 1.82) is 0 Å². The summed E-state index contributed by atoms with van der Waals surface area (Å²) in [4.78, 5) is 25.2. The topological polar surface area (TPSA) is 74.0 Å². The standard InChI is InChI=1S/C12H17N3O2/c16-11-7-10(3-6-14-11)12(17)15-5-2-9-1-4-13-8-9/h3,6-7,9,13H,1-2,4-5,8H2,(H,14,16)(H,15,17). The number of H-pyrrole nitrogens is 1. The van der Waals surface area contributed by atoms with Crippen LogP contribution in [-0.4, -0.2) is 30.5 Å². The van der Waals surface area contributed by atoms with Crippen molar-refractivity contribution >= 4 is 5.91 Å². The highest BCUT2D eigenvalue weighted by Gasteiger charge is 2.14. The van der Waals surface area contributed by atoms with Gasteiger partial charge in [-0.25, -0.2) is 0 Å². The molecule has 0 aromatic carbocycles. The van der Waals surface area contributed by atoms with Gasteiger partial charge >= 0.3 is 0 Å². The van der Waals surface area contributed by atoms with Gasteiger partial charge in [-0.2, -0.15) is 0 Å². The van der Waals surface area contributed by atoms with Crippen LogP contribution in [0.5, 0.6) is 0 Å². The summed E-state index contributed by atoms with van der Waals surface area (Å²) in [6, 6.07) is 2.92. The maximum Gasteiger partial charge on any atom is 0.251 e. The molecule has 0 saturated carbocycles. The van der Waals surface area contributed by atoms with Crippen LogP contribution < -0.4 is 16.2 Å². The Bertz CT molecular complexity index is 435. The van der Waals surface area contributed by atoms with Gasteiger partial charge in [0.15, 0.2) is 0 Å². The number of carbonyl (C=O) groups excluding carboxylic acids is 1. The number of amides is 1. The lowest BCUT2D eigenvalue weighted by molar-refractivity contribution is 0.0951. The van der Waals surface area contributed by atoms with Crippen molar-refractivity contribution in [3.8, 4) is 0 Å². The molecule has 92 valence electrons. The minimum Gasteiger partial charge on any atom is -0.352 e. The van der Waals surface area contributed by atoms with Crippen LogP contribution >= 0.6 is 0 Å². The van der Waals surface area contributed by atoms with Crippen LogP contribution in [-0.2, 0) is 0 Å². The third-order valence-corrected chi connectivity index (χ3v) is 3.04. The Hall–Kier alpha value is -1.62. The number of pyridine rings is 1. The second-order valence-electron chi connectivity index (χ2n) is 4.35. The molecule has 1 unspecified atom stereocenters. The summed E-state index contributed by atoms with van der Waals surface area (Å²) in [6.45, 7) is 2.78. The molecule has 1 atom stereocenters. The molecule has 0 aliphatic carbocycles. The predicted molar refractivity (Wildman–Crippen MR) is 65.0 cm³/mol. The van der Waals surface area contributed by atoms with Crippen LogP contribution in [0, 0.1) is 5.92 Å². The Balaban J connectivity index is 1.79. The van der Waals surface area contributed by atoms with Crippen LogP contribution in [0.2, 0.25) is 0 Å². The number of aromatic amines is 1. The zero-order valence-electron chi connectivity index (χ0n) is 9.66. The molecule has 0 radical (unpaired) electrons. The summed E-state index contributed by atoms with van der Waals surface area (Å²) in [5.74, 6) is 0.483. The van der Waals surface area contributed by atoms with Crippen LogP contribution in [0.3, 0.4) is 0 Å². The SMILES string of the molecule is O=C(NCCC1CCNC1)c1cc[nH]c(=O)c1. The van der Waals surface area contributed by atoms with Crippen LogP contribution in [0.1, 0.15) is 23.2 Å². The molecule has 0 bridgehead atoms. The van der Waals surface area contributed by atoms with Gasteiger partial charge in [0.25, 0.3) is 5.91 Å². The number of hydrogen-bond acceptors (Lipinski definition) is 3. The normalized spacial score (nSPS) is 19.2. The molecule has 1 saturated heterocycles. The Morgan fingerprint density at radius 2 is 2.41 bits per heavy atom. The lowest BCUT2D eigenvalue weighted by Crippen LogP contribution is -2.27. The van der Waals surface area contributed by atoms with Gasteiger partial charge in [-0.05, 0) is 37.9 Å². The molecule has 1 aromatic heterocycles. The smallest absolute Gasteiger partial charge is 0.251 e. The largest absolute Gasteiger partial charge is 0.352 e. The van der Waals surface area contributed by atoms with Gasteiger partial charge in [-0.3, -0.25) is 9.59 Å². The third kappa shape index (κ3) is 3.42. The molecule has 1 fully saturated rings. The maximum absolute atomic E-state index is 11.7. The van der Waals surface area contributed by atoms with Gasteiger partial charge in [0.1, 0.15) is 0 Å². The quantitative estimate of drug-likeness (QED) is 0.693. The Labute approximate surface area is 99.6 Å². The van der Waals surface area contributed by atoms with E-state index in [0.717, 1.165) is 19.5 Å². The van der Waals surface area contributed by atoms with Gasteiger partial charge in [-0.1, -0.05) is 0 Å². The Morgan fingerprint density at radius 1 is 1.53 bits per heavy atom. The average Bonchev–Trinajstić information content (AvgIpc) is 2.82. The molecule has 17 heavy (non-hydrogen) atoms. The first-order valence-corrected chi connectivity index (χ1v) is 5.93. The van der Waals surface area contributed by atoms with Gasteiger partial charge in [-0.15, -0.1) is 0 Å². The molecule has 3 N–H and O–H groups in total. The van der Waals surface area contributed by atoms with Crippen LogP contribution in [0.25, 0.3) is 0 Å². The van der Waals surface area contributed by atoms with Crippen molar-refractivity contribution in [2.75, 3.05) is 19.6 Å². The highest BCUT2D eigenvalue weighted by atomic mass is 16.2. The minimum atomic E-state index is -0.252. The molecule has 1 aliphatic rings. The van der Waals surface area contributed by atoms with E-state index in [-0.39, 0.29) is 11.5 Å². The van der Waals surface area contributed by atoms with Crippen molar-refractivity contribution in [1.82, 2.24) is 15.6 Å². The lowest BCUT2D eigenvalue weighted by atomic mass is 10.1. The summed E-state index contributed by atoms with van der Waals surface area (Å²) in [7, 11) is 0. The molecule has 1 amide bonds. The van der Waals surface area contributed by atoms with Gasteiger partial charge in [0, 0.05) is 24.4 Å². The number of hydrogen-bond donors (Lipinski definition) is 3. The van der Waals surface area contributed by atoms with Crippen molar-refractivity contribution in [2.24, 2.45) is 5.92 Å². The highest BCUT2D eigenvalue weighted by Crippen LogP contribution is 2.10. The van der Waals surface area contributed by atoms with E-state index in [1.807, 2.05) is 0 Å². The summed E-state index contributed by atoms with van der Waals surface area (Å²) >= 11 is 0. The van der Waals surface area contributed by atoms with Gasteiger partial charge < -0.3 is 15.6 Å². The first-order chi connectivity index (χ1) is 8.25. The van der Waals surface area contributed by atoms with Crippen molar-refractivity contribution in [2.45, 2.75) is 12.8 Å². The summed E-state index contributed by atoms with van der Waals surface area (Å²) < 4.78 is 0. The van der Waals surface area contributed by atoms with Crippen LogP contribution in [0.15, 0.2) is 23.1 Å². The zero-order chi connectivity index (χ0) is 12.1.